The van der Waals surface area contributed by atoms with E-state index >= 15 is 0 Å². The van der Waals surface area contributed by atoms with Crippen LogP contribution in [0.3, 0.4) is 0 Å². The van der Waals surface area contributed by atoms with Gasteiger partial charge in [0.15, 0.2) is 12.7 Å². The molecule has 0 aromatic heterocycles. The molecule has 3 aromatic rings. The summed E-state index contributed by atoms with van der Waals surface area (Å²) < 4.78 is 5.22. The number of hydrogen-bond donors (Lipinski definition) is 1. The molecule has 0 aliphatic rings. The molecule has 30 heavy (non-hydrogen) atoms. The van der Waals surface area contributed by atoms with Crippen LogP contribution in [0.15, 0.2) is 90.1 Å². The molecule has 0 saturated carbocycles. The van der Waals surface area contributed by atoms with Crippen molar-refractivity contribution in [1.29, 1.82) is 0 Å². The van der Waals surface area contributed by atoms with Gasteiger partial charge < -0.3 is 14.7 Å². The lowest BCUT2D eigenvalue weighted by atomic mass is 10.0. The molecule has 3 aromatic carbocycles. The fourth-order valence-electron chi connectivity index (χ4n) is 3.06. The highest BCUT2D eigenvalue weighted by Gasteiger charge is 2.14. The molecule has 0 fully saturated rings. The van der Waals surface area contributed by atoms with Gasteiger partial charge in [-0.2, -0.15) is 0 Å². The summed E-state index contributed by atoms with van der Waals surface area (Å²) in [5, 5.41) is 12.9. The molecule has 0 atom stereocenters. The van der Waals surface area contributed by atoms with Crippen molar-refractivity contribution in [3.05, 3.63) is 102 Å². The molecular weight excluding hydrogens is 378 g/mol. The van der Waals surface area contributed by atoms with Gasteiger partial charge in [0, 0.05) is 6.21 Å². The summed E-state index contributed by atoms with van der Waals surface area (Å²) in [6.07, 6.45) is 4.07. The molecule has 0 heterocycles. The first-order chi connectivity index (χ1) is 14.7. The fourth-order valence-corrected chi connectivity index (χ4v) is 3.06. The molecule has 0 bridgehead atoms. The average Bonchev–Trinajstić information content (AvgIpc) is 2.79. The number of hydrogen-bond acceptors (Lipinski definition) is 4. The number of ether oxygens (including phenoxy) is 1. The van der Waals surface area contributed by atoms with Gasteiger partial charge in [-0.1, -0.05) is 78.0 Å². The summed E-state index contributed by atoms with van der Waals surface area (Å²) in [7, 11) is 0. The van der Waals surface area contributed by atoms with Crippen molar-refractivity contribution in [3.8, 4) is 5.75 Å². The van der Waals surface area contributed by atoms with Crippen LogP contribution in [-0.4, -0.2) is 23.9 Å². The van der Waals surface area contributed by atoms with Crippen LogP contribution in [-0.2, 0) is 16.1 Å². The van der Waals surface area contributed by atoms with Gasteiger partial charge in [0.2, 0.25) is 0 Å². The third-order valence-corrected chi connectivity index (χ3v) is 4.50. The third kappa shape index (κ3) is 6.78. The zero-order valence-electron chi connectivity index (χ0n) is 16.7. The highest BCUT2D eigenvalue weighted by atomic mass is 16.6. The number of benzene rings is 3. The molecular formula is C25H25NO4. The van der Waals surface area contributed by atoms with Crippen LogP contribution < -0.4 is 4.74 Å². The Hall–Kier alpha value is -3.60. The highest BCUT2D eigenvalue weighted by molar-refractivity contribution is 5.68. The number of aliphatic carboxylic acids is 1. The van der Waals surface area contributed by atoms with Gasteiger partial charge in [0.25, 0.3) is 0 Å². The van der Waals surface area contributed by atoms with E-state index in [0.717, 1.165) is 36.0 Å². The maximum atomic E-state index is 10.6. The van der Waals surface area contributed by atoms with Crippen LogP contribution in [0.25, 0.3) is 0 Å². The normalized spacial score (nSPS) is 11.0. The van der Waals surface area contributed by atoms with Gasteiger partial charge in [0.1, 0.15) is 5.75 Å². The van der Waals surface area contributed by atoms with E-state index in [1.54, 1.807) is 12.3 Å². The number of unbranched alkanes of at least 4 members (excludes halogenated alkanes) is 1. The predicted molar refractivity (Wildman–Crippen MR) is 117 cm³/mol. The van der Waals surface area contributed by atoms with Crippen molar-refractivity contribution in [3.63, 3.8) is 0 Å². The molecule has 0 spiro atoms. The van der Waals surface area contributed by atoms with E-state index in [-0.39, 0.29) is 12.7 Å². The van der Waals surface area contributed by atoms with E-state index in [2.05, 4.69) is 5.16 Å². The molecule has 0 aliphatic carbocycles. The van der Waals surface area contributed by atoms with Gasteiger partial charge in [-0.25, -0.2) is 4.79 Å². The molecule has 154 valence electrons. The minimum absolute atomic E-state index is 0.244. The lowest BCUT2D eigenvalue weighted by Crippen LogP contribution is -2.09. The summed E-state index contributed by atoms with van der Waals surface area (Å²) in [6.45, 7) is -0.336. The quantitative estimate of drug-likeness (QED) is 0.269. The smallest absolute Gasteiger partial charge is 0.341 e. The molecule has 0 aliphatic heterocycles. The first kappa shape index (κ1) is 21.1. The summed E-state index contributed by atoms with van der Waals surface area (Å²) in [4.78, 5) is 16.4. The monoisotopic (exact) mass is 403 g/mol. The number of nitrogens with zero attached hydrogens (tertiary/aromatic N) is 1. The Balaban J connectivity index is 1.50. The maximum absolute atomic E-state index is 10.6. The number of carboxylic acids is 1. The molecule has 3 rings (SSSR count). The highest BCUT2D eigenvalue weighted by Crippen LogP contribution is 2.25. The molecule has 5 heteroatoms. The fraction of sp³-hybridized carbons (Fsp3) is 0.200. The Morgan fingerprint density at radius 2 is 1.60 bits per heavy atom. The first-order valence-corrected chi connectivity index (χ1v) is 9.93. The van der Waals surface area contributed by atoms with E-state index in [1.807, 2.05) is 78.9 Å². The number of aryl methyl sites for hydroxylation is 1. The Morgan fingerprint density at radius 3 is 2.23 bits per heavy atom. The molecule has 0 amide bonds. The average molecular weight is 403 g/mol. The summed E-state index contributed by atoms with van der Waals surface area (Å²) in [5.41, 5.74) is 3.21. The minimum Gasteiger partial charge on any atom is -0.482 e. The third-order valence-electron chi connectivity index (χ3n) is 4.50. The topological polar surface area (TPSA) is 68.1 Å². The zero-order valence-corrected chi connectivity index (χ0v) is 16.7. The van der Waals surface area contributed by atoms with Gasteiger partial charge in [-0.15, -0.1) is 0 Å². The van der Waals surface area contributed by atoms with Crippen molar-refractivity contribution >= 4 is 12.2 Å². The Bertz CT molecular complexity index is 902. The molecule has 0 radical (unpaired) electrons. The van der Waals surface area contributed by atoms with E-state index in [1.165, 1.54) is 0 Å². The second-order valence-corrected chi connectivity index (χ2v) is 6.82. The van der Waals surface area contributed by atoms with Crippen LogP contribution in [0.1, 0.15) is 35.6 Å². The molecule has 1 N–H and O–H groups in total. The summed E-state index contributed by atoms with van der Waals surface area (Å²) >= 11 is 0. The lowest BCUT2D eigenvalue weighted by Gasteiger charge is -2.15. The van der Waals surface area contributed by atoms with Crippen molar-refractivity contribution in [2.75, 3.05) is 6.61 Å². The number of carbonyl (C=O) groups is 1. The van der Waals surface area contributed by atoms with Gasteiger partial charge in [-0.3, -0.25) is 0 Å². The number of oxime groups is 1. The van der Waals surface area contributed by atoms with Gasteiger partial charge >= 0.3 is 5.97 Å². The Kier molecular flexibility index (Phi) is 8.03. The van der Waals surface area contributed by atoms with Crippen LogP contribution in [0.2, 0.25) is 0 Å². The van der Waals surface area contributed by atoms with Crippen LogP contribution >= 0.6 is 0 Å². The standard InChI is InChI=1S/C25H25NO4/c27-24(28)19-29-23-16-9-11-20(18-23)10-7-8-17-26-30-25(21-12-3-1-4-13-21)22-14-5-2-6-15-22/h1-6,9,11-18,25H,7-8,10,19H2,(H,27,28). The summed E-state index contributed by atoms with van der Waals surface area (Å²) in [5.74, 6) is -0.415. The molecule has 5 nitrogen and oxygen atoms in total. The summed E-state index contributed by atoms with van der Waals surface area (Å²) in [6, 6.07) is 27.6. The molecule has 0 saturated heterocycles. The van der Waals surface area contributed by atoms with E-state index in [9.17, 15) is 4.79 Å². The predicted octanol–water partition coefficient (Wildman–Crippen LogP) is 5.26. The largest absolute Gasteiger partial charge is 0.482 e. The number of carboxylic acid groups (broad SMARTS) is 1. The van der Waals surface area contributed by atoms with Crippen LogP contribution in [0, 0.1) is 0 Å². The van der Waals surface area contributed by atoms with Crippen molar-refractivity contribution in [2.45, 2.75) is 25.4 Å². The maximum Gasteiger partial charge on any atom is 0.341 e. The second-order valence-electron chi connectivity index (χ2n) is 6.82. The molecule has 0 unspecified atom stereocenters. The first-order valence-electron chi connectivity index (χ1n) is 9.93. The lowest BCUT2D eigenvalue weighted by molar-refractivity contribution is -0.139. The Labute approximate surface area is 176 Å². The van der Waals surface area contributed by atoms with Crippen molar-refractivity contribution in [2.24, 2.45) is 5.16 Å². The minimum atomic E-state index is -0.985. The van der Waals surface area contributed by atoms with Crippen molar-refractivity contribution < 1.29 is 19.5 Å². The van der Waals surface area contributed by atoms with Crippen molar-refractivity contribution in [1.82, 2.24) is 0 Å². The number of rotatable bonds is 11. The Morgan fingerprint density at radius 1 is 0.933 bits per heavy atom. The van der Waals surface area contributed by atoms with E-state index in [0.29, 0.717) is 5.75 Å². The zero-order chi connectivity index (χ0) is 21.0. The SMILES string of the molecule is O=C(O)COc1cccc(CCCC=NOC(c2ccccc2)c2ccccc2)c1. The van der Waals surface area contributed by atoms with Crippen LogP contribution in [0.4, 0.5) is 0 Å². The van der Waals surface area contributed by atoms with Gasteiger partial charge in [-0.05, 0) is 48.1 Å². The van der Waals surface area contributed by atoms with E-state index < -0.39 is 5.97 Å². The van der Waals surface area contributed by atoms with E-state index in [4.69, 9.17) is 14.7 Å². The van der Waals surface area contributed by atoms with Gasteiger partial charge in [0.05, 0.1) is 0 Å². The second kappa shape index (κ2) is 11.4. The van der Waals surface area contributed by atoms with Crippen LogP contribution in [0.5, 0.6) is 5.75 Å².